The molecule has 3 rings (SSSR count). The first-order valence-corrected chi connectivity index (χ1v) is 7.98. The largest absolute Gasteiger partial charge is 0.497 e. The first-order chi connectivity index (χ1) is 12.0. The monoisotopic (exact) mass is 336 g/mol. The van der Waals surface area contributed by atoms with E-state index in [9.17, 15) is 4.79 Å². The zero-order valence-corrected chi connectivity index (χ0v) is 14.5. The molecule has 3 aromatic rings. The minimum Gasteiger partial charge on any atom is -0.497 e. The standard InChI is InChI=1S/C19H20N4O2/c1-12-13(2)22-18-10-15(7-8-17(18)21-12)23-19(24)20-11-14-5-4-6-16(9-14)25-3/h4-10H,11H2,1-3H3,(H2,20,23,24). The van der Waals surface area contributed by atoms with Crippen LogP contribution in [0.25, 0.3) is 11.0 Å². The van der Waals surface area contributed by atoms with Gasteiger partial charge in [0.15, 0.2) is 0 Å². The Morgan fingerprint density at radius 1 is 1.04 bits per heavy atom. The summed E-state index contributed by atoms with van der Waals surface area (Å²) in [7, 11) is 1.62. The van der Waals surface area contributed by atoms with Gasteiger partial charge < -0.3 is 15.4 Å². The highest BCUT2D eigenvalue weighted by atomic mass is 16.5. The van der Waals surface area contributed by atoms with E-state index in [0.29, 0.717) is 12.2 Å². The highest BCUT2D eigenvalue weighted by Gasteiger charge is 2.06. The second-order valence-corrected chi connectivity index (χ2v) is 5.76. The summed E-state index contributed by atoms with van der Waals surface area (Å²) in [5.74, 6) is 0.762. The van der Waals surface area contributed by atoms with Gasteiger partial charge in [0.05, 0.1) is 29.5 Å². The second-order valence-electron chi connectivity index (χ2n) is 5.76. The normalized spacial score (nSPS) is 10.5. The Morgan fingerprint density at radius 2 is 1.80 bits per heavy atom. The van der Waals surface area contributed by atoms with Crippen LogP contribution in [0.3, 0.4) is 0 Å². The van der Waals surface area contributed by atoms with Gasteiger partial charge in [-0.25, -0.2) is 14.8 Å². The molecule has 128 valence electrons. The molecule has 0 spiro atoms. The molecular formula is C19H20N4O2. The van der Waals surface area contributed by atoms with Crippen LogP contribution in [0.5, 0.6) is 5.75 Å². The van der Waals surface area contributed by atoms with Crippen LogP contribution >= 0.6 is 0 Å². The molecule has 0 aliphatic heterocycles. The molecule has 0 aliphatic carbocycles. The van der Waals surface area contributed by atoms with E-state index in [1.165, 1.54) is 0 Å². The van der Waals surface area contributed by atoms with Gasteiger partial charge in [-0.2, -0.15) is 0 Å². The van der Waals surface area contributed by atoms with Crippen LogP contribution in [0, 0.1) is 13.8 Å². The first-order valence-electron chi connectivity index (χ1n) is 7.98. The van der Waals surface area contributed by atoms with Crippen molar-refractivity contribution in [3.8, 4) is 5.75 Å². The van der Waals surface area contributed by atoms with Gasteiger partial charge in [-0.15, -0.1) is 0 Å². The molecule has 2 aromatic carbocycles. The van der Waals surface area contributed by atoms with Gasteiger partial charge in [-0.1, -0.05) is 12.1 Å². The number of carbonyl (C=O) groups excluding carboxylic acids is 1. The number of urea groups is 1. The summed E-state index contributed by atoms with van der Waals surface area (Å²) >= 11 is 0. The number of benzene rings is 2. The van der Waals surface area contributed by atoms with Gasteiger partial charge in [0.25, 0.3) is 0 Å². The average Bonchev–Trinajstić information content (AvgIpc) is 2.61. The van der Waals surface area contributed by atoms with Gasteiger partial charge >= 0.3 is 6.03 Å². The quantitative estimate of drug-likeness (QED) is 0.763. The van der Waals surface area contributed by atoms with Crippen molar-refractivity contribution in [3.63, 3.8) is 0 Å². The lowest BCUT2D eigenvalue weighted by molar-refractivity contribution is 0.251. The Labute approximate surface area is 146 Å². The molecule has 0 radical (unpaired) electrons. The third-order valence-electron chi connectivity index (χ3n) is 3.92. The number of amides is 2. The Morgan fingerprint density at radius 3 is 2.56 bits per heavy atom. The third-order valence-corrected chi connectivity index (χ3v) is 3.92. The molecule has 2 N–H and O–H groups in total. The smallest absolute Gasteiger partial charge is 0.319 e. The fraction of sp³-hybridized carbons (Fsp3) is 0.211. The number of nitrogens with zero attached hydrogens (tertiary/aromatic N) is 2. The minimum absolute atomic E-state index is 0.279. The molecule has 1 heterocycles. The molecule has 0 unspecified atom stereocenters. The molecule has 6 nitrogen and oxygen atoms in total. The Kier molecular flexibility index (Phi) is 4.79. The number of fused-ring (bicyclic) bond motifs is 1. The highest BCUT2D eigenvalue weighted by Crippen LogP contribution is 2.17. The lowest BCUT2D eigenvalue weighted by atomic mass is 10.2. The number of aromatic nitrogens is 2. The zero-order valence-electron chi connectivity index (χ0n) is 14.5. The number of aryl methyl sites for hydroxylation is 2. The van der Waals surface area contributed by atoms with Crippen molar-refractivity contribution in [2.24, 2.45) is 0 Å². The second kappa shape index (κ2) is 7.17. The van der Waals surface area contributed by atoms with E-state index >= 15 is 0 Å². The average molecular weight is 336 g/mol. The van der Waals surface area contributed by atoms with Crippen LogP contribution in [0.4, 0.5) is 10.5 Å². The number of carbonyl (C=O) groups is 1. The van der Waals surface area contributed by atoms with Gasteiger partial charge in [0.2, 0.25) is 0 Å². The van der Waals surface area contributed by atoms with Crippen LogP contribution in [0.15, 0.2) is 42.5 Å². The molecule has 0 saturated heterocycles. The summed E-state index contributed by atoms with van der Waals surface area (Å²) in [5.41, 5.74) is 4.99. The highest BCUT2D eigenvalue weighted by molar-refractivity contribution is 5.91. The molecule has 0 bridgehead atoms. The molecule has 0 atom stereocenters. The van der Waals surface area contributed by atoms with Crippen molar-refractivity contribution in [2.45, 2.75) is 20.4 Å². The molecule has 25 heavy (non-hydrogen) atoms. The fourth-order valence-corrected chi connectivity index (χ4v) is 2.45. The SMILES string of the molecule is COc1cccc(CNC(=O)Nc2ccc3nc(C)c(C)nc3c2)c1. The number of hydrogen-bond donors (Lipinski definition) is 2. The van der Waals surface area contributed by atoms with Crippen molar-refractivity contribution in [2.75, 3.05) is 12.4 Å². The Bertz CT molecular complexity index is 924. The summed E-state index contributed by atoms with van der Waals surface area (Å²) < 4.78 is 5.17. The molecule has 0 aliphatic rings. The van der Waals surface area contributed by atoms with Crippen molar-refractivity contribution in [1.29, 1.82) is 0 Å². The minimum atomic E-state index is -0.279. The number of hydrogen-bond acceptors (Lipinski definition) is 4. The lowest BCUT2D eigenvalue weighted by Crippen LogP contribution is -2.28. The Hall–Kier alpha value is -3.15. The van der Waals surface area contributed by atoms with Gasteiger partial charge in [0, 0.05) is 12.2 Å². The first kappa shape index (κ1) is 16.7. The van der Waals surface area contributed by atoms with E-state index in [1.54, 1.807) is 7.11 Å². The van der Waals surface area contributed by atoms with E-state index in [-0.39, 0.29) is 6.03 Å². The maximum absolute atomic E-state index is 12.1. The summed E-state index contributed by atoms with van der Waals surface area (Å²) in [6, 6.07) is 12.8. The van der Waals surface area contributed by atoms with Crippen LogP contribution in [0.1, 0.15) is 17.0 Å². The number of rotatable bonds is 4. The van der Waals surface area contributed by atoms with E-state index in [1.807, 2.05) is 56.3 Å². The fourth-order valence-electron chi connectivity index (χ4n) is 2.45. The molecule has 2 amide bonds. The molecule has 0 fully saturated rings. The van der Waals surface area contributed by atoms with Crippen molar-refractivity contribution in [1.82, 2.24) is 15.3 Å². The van der Waals surface area contributed by atoms with E-state index in [2.05, 4.69) is 20.6 Å². The summed E-state index contributed by atoms with van der Waals surface area (Å²) in [5, 5.41) is 5.64. The lowest BCUT2D eigenvalue weighted by Gasteiger charge is -2.09. The Balaban J connectivity index is 1.66. The predicted molar refractivity (Wildman–Crippen MR) is 97.9 cm³/mol. The topological polar surface area (TPSA) is 76.1 Å². The number of ether oxygens (including phenoxy) is 1. The van der Waals surface area contributed by atoms with Gasteiger partial charge in [0.1, 0.15) is 5.75 Å². The summed E-state index contributed by atoms with van der Waals surface area (Å²) in [4.78, 5) is 21.1. The van der Waals surface area contributed by atoms with Crippen LogP contribution < -0.4 is 15.4 Å². The maximum atomic E-state index is 12.1. The van der Waals surface area contributed by atoms with E-state index in [4.69, 9.17) is 4.74 Å². The van der Waals surface area contributed by atoms with Gasteiger partial charge in [-0.05, 0) is 49.7 Å². The summed E-state index contributed by atoms with van der Waals surface area (Å²) in [6.07, 6.45) is 0. The van der Waals surface area contributed by atoms with Crippen LogP contribution in [0.2, 0.25) is 0 Å². The predicted octanol–water partition coefficient (Wildman–Crippen LogP) is 3.58. The van der Waals surface area contributed by atoms with Crippen molar-refractivity contribution >= 4 is 22.8 Å². The van der Waals surface area contributed by atoms with Crippen molar-refractivity contribution in [3.05, 3.63) is 59.4 Å². The molecule has 1 aromatic heterocycles. The molecule has 6 heteroatoms. The number of anilines is 1. The summed E-state index contributed by atoms with van der Waals surface area (Å²) in [6.45, 7) is 4.26. The van der Waals surface area contributed by atoms with E-state index in [0.717, 1.165) is 33.7 Å². The molecule has 0 saturated carbocycles. The van der Waals surface area contributed by atoms with Gasteiger partial charge in [-0.3, -0.25) is 0 Å². The van der Waals surface area contributed by atoms with Crippen molar-refractivity contribution < 1.29 is 9.53 Å². The zero-order chi connectivity index (χ0) is 17.8. The van der Waals surface area contributed by atoms with E-state index < -0.39 is 0 Å². The third kappa shape index (κ3) is 4.03. The maximum Gasteiger partial charge on any atom is 0.319 e. The number of nitrogens with one attached hydrogen (secondary N) is 2. The van der Waals surface area contributed by atoms with Crippen LogP contribution in [-0.2, 0) is 6.54 Å². The molecular weight excluding hydrogens is 316 g/mol. The van der Waals surface area contributed by atoms with Crippen LogP contribution in [-0.4, -0.2) is 23.1 Å². The number of methoxy groups -OCH3 is 1.